The normalized spacial score (nSPS) is 8.20. The topological polar surface area (TPSA) is 49.7 Å². The molecule has 1 rings (SSSR count). The van der Waals surface area contributed by atoms with Gasteiger partial charge in [0.05, 0.1) is 0 Å². The van der Waals surface area contributed by atoms with Crippen LogP contribution in [0.2, 0.25) is 0 Å². The molecule has 2 N–H and O–H groups in total. The van der Waals surface area contributed by atoms with E-state index in [0.717, 1.165) is 0 Å². The molecule has 0 saturated heterocycles. The van der Waals surface area contributed by atoms with Crippen molar-refractivity contribution >= 4 is 70.0 Å². The summed E-state index contributed by atoms with van der Waals surface area (Å²) in [6.07, 6.45) is 0. The molecule has 0 spiro atoms. The van der Waals surface area contributed by atoms with E-state index in [2.05, 4.69) is 4.65 Å². The van der Waals surface area contributed by atoms with Crippen molar-refractivity contribution in [3.05, 3.63) is 17.5 Å². The molecule has 0 bridgehead atoms. The molecular formula is C4H6BKO3S. The van der Waals surface area contributed by atoms with Crippen LogP contribution in [0.15, 0.2) is 17.5 Å². The quantitative estimate of drug-likeness (QED) is 0.606. The molecule has 0 aliphatic carbocycles. The molecule has 0 saturated carbocycles. The van der Waals surface area contributed by atoms with Gasteiger partial charge in [-0.05, 0) is 17.5 Å². The van der Waals surface area contributed by atoms with Crippen molar-refractivity contribution in [2.75, 3.05) is 0 Å². The van der Waals surface area contributed by atoms with Crippen LogP contribution in [-0.2, 0) is 0 Å². The predicted octanol–water partition coefficient (Wildman–Crippen LogP) is -0.552. The van der Waals surface area contributed by atoms with Crippen molar-refractivity contribution in [3.8, 4) is 5.06 Å². The van der Waals surface area contributed by atoms with E-state index in [1.165, 1.54) is 11.3 Å². The van der Waals surface area contributed by atoms with E-state index in [9.17, 15) is 0 Å². The van der Waals surface area contributed by atoms with Crippen molar-refractivity contribution in [1.82, 2.24) is 0 Å². The van der Waals surface area contributed by atoms with E-state index in [1.54, 1.807) is 17.5 Å². The molecule has 0 aliphatic heterocycles. The minimum atomic E-state index is -1.70. The third kappa shape index (κ3) is 4.09. The van der Waals surface area contributed by atoms with Gasteiger partial charge in [0.2, 0.25) is 0 Å². The first kappa shape index (κ1) is 11.1. The van der Waals surface area contributed by atoms with Crippen LogP contribution in [0.1, 0.15) is 0 Å². The van der Waals surface area contributed by atoms with Gasteiger partial charge in [-0.3, -0.25) is 0 Å². The Morgan fingerprint density at radius 3 is 2.60 bits per heavy atom. The van der Waals surface area contributed by atoms with E-state index in [4.69, 9.17) is 10.0 Å². The summed E-state index contributed by atoms with van der Waals surface area (Å²) in [7, 11) is -1.70. The average Bonchev–Trinajstić information content (AvgIpc) is 2.15. The van der Waals surface area contributed by atoms with E-state index in [1.807, 2.05) is 0 Å². The van der Waals surface area contributed by atoms with Crippen molar-refractivity contribution < 1.29 is 14.7 Å². The summed E-state index contributed by atoms with van der Waals surface area (Å²) in [5.41, 5.74) is 0. The Labute approximate surface area is 106 Å². The third-order valence-electron chi connectivity index (χ3n) is 0.717. The van der Waals surface area contributed by atoms with Gasteiger partial charge in [-0.25, -0.2) is 0 Å². The molecule has 6 heteroatoms. The van der Waals surface area contributed by atoms with Crippen molar-refractivity contribution in [3.63, 3.8) is 0 Å². The molecule has 0 atom stereocenters. The fourth-order valence-electron chi connectivity index (χ4n) is 0.434. The number of hydrogen-bond donors (Lipinski definition) is 2. The number of thiophene rings is 1. The van der Waals surface area contributed by atoms with Gasteiger partial charge in [-0.15, -0.1) is 11.3 Å². The van der Waals surface area contributed by atoms with Gasteiger partial charge in [-0.1, -0.05) is 0 Å². The van der Waals surface area contributed by atoms with E-state index in [0.29, 0.717) is 5.06 Å². The first-order chi connectivity index (χ1) is 4.29. The molecule has 10 heavy (non-hydrogen) atoms. The Kier molecular flexibility index (Phi) is 6.37. The van der Waals surface area contributed by atoms with Gasteiger partial charge in [0.1, 0.15) is 0 Å². The first-order valence-electron chi connectivity index (χ1n) is 2.35. The molecule has 0 amide bonds. The molecule has 0 radical (unpaired) electrons. The van der Waals surface area contributed by atoms with Gasteiger partial charge >= 0.3 is 58.7 Å². The first-order valence-corrected chi connectivity index (χ1v) is 3.23. The Bertz CT molecular complexity index is 167. The summed E-state index contributed by atoms with van der Waals surface area (Å²) in [5.74, 6) is 0. The maximum absolute atomic E-state index is 8.26. The molecule has 0 unspecified atom stereocenters. The fraction of sp³-hybridized carbons (Fsp3) is 0. The number of rotatable bonds is 2. The summed E-state index contributed by atoms with van der Waals surface area (Å²) in [6, 6.07) is 3.42. The van der Waals surface area contributed by atoms with Gasteiger partial charge in [0.25, 0.3) is 0 Å². The zero-order valence-electron chi connectivity index (χ0n) is 4.52. The van der Waals surface area contributed by atoms with Crippen LogP contribution in [0.4, 0.5) is 0 Å². The second kappa shape index (κ2) is 5.73. The van der Waals surface area contributed by atoms with Crippen LogP contribution in [0, 0.1) is 0 Å². The van der Waals surface area contributed by atoms with Gasteiger partial charge in [0, 0.05) is 0 Å². The van der Waals surface area contributed by atoms with E-state index in [-0.39, 0.29) is 51.4 Å². The predicted molar refractivity (Wildman–Crippen MR) is 42.3 cm³/mol. The Hall–Kier alpha value is 1.12. The molecule has 0 aromatic carbocycles. The third-order valence-corrected chi connectivity index (χ3v) is 1.47. The average molecular weight is 184 g/mol. The molecule has 1 heterocycles. The zero-order valence-corrected chi connectivity index (χ0v) is 5.34. The van der Waals surface area contributed by atoms with Crippen molar-refractivity contribution in [2.45, 2.75) is 0 Å². The van der Waals surface area contributed by atoms with Crippen LogP contribution in [0.25, 0.3) is 0 Å². The number of hydrogen-bond acceptors (Lipinski definition) is 4. The second-order valence-electron chi connectivity index (χ2n) is 1.38. The SMILES string of the molecule is OB(O)Oc1cccs1.[KH]. The van der Waals surface area contributed by atoms with Crippen LogP contribution < -0.4 is 4.65 Å². The Balaban J connectivity index is 0.000000810. The molecule has 0 fully saturated rings. The van der Waals surface area contributed by atoms with Gasteiger partial charge in [0.15, 0.2) is 5.06 Å². The van der Waals surface area contributed by atoms with Crippen molar-refractivity contribution in [2.24, 2.45) is 0 Å². The van der Waals surface area contributed by atoms with Gasteiger partial charge < -0.3 is 14.7 Å². The summed E-state index contributed by atoms with van der Waals surface area (Å²) < 4.78 is 4.48. The molecule has 3 nitrogen and oxygen atoms in total. The molecule has 1 aromatic rings. The molecule has 1 aromatic heterocycles. The van der Waals surface area contributed by atoms with Gasteiger partial charge in [-0.2, -0.15) is 0 Å². The molecular weight excluding hydrogens is 178 g/mol. The monoisotopic (exact) mass is 184 g/mol. The van der Waals surface area contributed by atoms with E-state index >= 15 is 0 Å². The van der Waals surface area contributed by atoms with Crippen LogP contribution >= 0.6 is 11.3 Å². The maximum atomic E-state index is 8.26. The van der Waals surface area contributed by atoms with Crippen LogP contribution in [0.5, 0.6) is 5.06 Å². The van der Waals surface area contributed by atoms with Crippen LogP contribution in [0.3, 0.4) is 0 Å². The molecule has 0 aliphatic rings. The summed E-state index contributed by atoms with van der Waals surface area (Å²) in [4.78, 5) is 0. The van der Waals surface area contributed by atoms with E-state index < -0.39 is 7.32 Å². The Morgan fingerprint density at radius 2 is 2.20 bits per heavy atom. The Morgan fingerprint density at radius 1 is 1.50 bits per heavy atom. The van der Waals surface area contributed by atoms with Crippen molar-refractivity contribution in [1.29, 1.82) is 0 Å². The molecule has 50 valence electrons. The second-order valence-corrected chi connectivity index (χ2v) is 2.29. The summed E-state index contributed by atoms with van der Waals surface area (Å²) >= 11 is 1.31. The standard InChI is InChI=1S/C4H5BO3S.K.H/c6-5(7)8-4-2-1-3-9-4;;/h1-3,6-7H;;. The zero-order chi connectivity index (χ0) is 6.69. The summed E-state index contributed by atoms with van der Waals surface area (Å²) in [5, 5.41) is 18.8. The minimum absolute atomic E-state index is 0. The fourth-order valence-corrected chi connectivity index (χ4v) is 1.02. The summed E-state index contributed by atoms with van der Waals surface area (Å²) in [6.45, 7) is 0. The van der Waals surface area contributed by atoms with Crippen LogP contribution in [-0.4, -0.2) is 68.8 Å².